The number of furan rings is 1. The molecule has 0 aliphatic heterocycles. The predicted octanol–water partition coefficient (Wildman–Crippen LogP) is 4.32. The van der Waals surface area contributed by atoms with Crippen molar-refractivity contribution in [2.24, 2.45) is 0 Å². The molecule has 0 spiro atoms. The SMILES string of the molecule is CCN(CC(=O)NCc1ccc(F)cc1)C(=O)CCc1ccc(-c2ccccc2F)o1. The average molecular weight is 426 g/mol. The number of likely N-dealkylation sites (N-methyl/N-ethyl adjacent to an activating group) is 1. The highest BCUT2D eigenvalue weighted by molar-refractivity contribution is 5.84. The van der Waals surface area contributed by atoms with Crippen molar-refractivity contribution in [3.05, 3.63) is 83.6 Å². The molecule has 0 aliphatic carbocycles. The summed E-state index contributed by atoms with van der Waals surface area (Å²) in [5.41, 5.74) is 1.14. The monoisotopic (exact) mass is 426 g/mol. The van der Waals surface area contributed by atoms with E-state index < -0.39 is 0 Å². The molecule has 0 saturated carbocycles. The number of carbonyl (C=O) groups excluding carboxylic acids is 2. The van der Waals surface area contributed by atoms with E-state index in [0.29, 0.717) is 30.0 Å². The number of hydrogen-bond donors (Lipinski definition) is 1. The molecule has 0 saturated heterocycles. The summed E-state index contributed by atoms with van der Waals surface area (Å²) < 4.78 is 32.5. The number of amides is 2. The third-order valence-corrected chi connectivity index (χ3v) is 4.86. The molecule has 1 heterocycles. The van der Waals surface area contributed by atoms with E-state index in [0.717, 1.165) is 5.56 Å². The van der Waals surface area contributed by atoms with Crippen LogP contribution in [0.2, 0.25) is 0 Å². The number of aryl methyl sites for hydroxylation is 1. The second-order valence-electron chi connectivity index (χ2n) is 7.06. The molecule has 3 rings (SSSR count). The Labute approximate surface area is 179 Å². The van der Waals surface area contributed by atoms with Crippen molar-refractivity contribution < 1.29 is 22.8 Å². The van der Waals surface area contributed by atoms with Crippen molar-refractivity contribution in [3.63, 3.8) is 0 Å². The molecule has 2 aromatic carbocycles. The van der Waals surface area contributed by atoms with Gasteiger partial charge in [-0.2, -0.15) is 0 Å². The average Bonchev–Trinajstić information content (AvgIpc) is 3.24. The van der Waals surface area contributed by atoms with Crippen LogP contribution in [0.5, 0.6) is 0 Å². The van der Waals surface area contributed by atoms with Crippen molar-refractivity contribution in [2.75, 3.05) is 13.1 Å². The third kappa shape index (κ3) is 6.25. The van der Waals surface area contributed by atoms with E-state index in [2.05, 4.69) is 5.32 Å². The van der Waals surface area contributed by atoms with Gasteiger partial charge in [-0.15, -0.1) is 0 Å². The lowest BCUT2D eigenvalue weighted by Gasteiger charge is -2.20. The van der Waals surface area contributed by atoms with E-state index in [1.807, 2.05) is 0 Å². The van der Waals surface area contributed by atoms with Gasteiger partial charge in [-0.25, -0.2) is 8.78 Å². The number of halogens is 2. The molecule has 0 fully saturated rings. The van der Waals surface area contributed by atoms with Gasteiger partial charge in [0.2, 0.25) is 11.8 Å². The van der Waals surface area contributed by atoms with Crippen LogP contribution in [0.4, 0.5) is 8.78 Å². The summed E-state index contributed by atoms with van der Waals surface area (Å²) in [6.07, 6.45) is 0.518. The normalized spacial score (nSPS) is 10.7. The van der Waals surface area contributed by atoms with Gasteiger partial charge in [-0.05, 0) is 48.9 Å². The van der Waals surface area contributed by atoms with Gasteiger partial charge in [0.15, 0.2) is 0 Å². The topological polar surface area (TPSA) is 62.6 Å². The number of nitrogens with one attached hydrogen (secondary N) is 1. The lowest BCUT2D eigenvalue weighted by molar-refractivity contribution is -0.135. The fourth-order valence-corrected chi connectivity index (χ4v) is 3.11. The van der Waals surface area contributed by atoms with E-state index in [-0.39, 0.29) is 43.0 Å². The van der Waals surface area contributed by atoms with E-state index in [9.17, 15) is 18.4 Å². The van der Waals surface area contributed by atoms with Crippen molar-refractivity contribution in [1.29, 1.82) is 0 Å². The zero-order chi connectivity index (χ0) is 22.2. The van der Waals surface area contributed by atoms with E-state index >= 15 is 0 Å². The lowest BCUT2D eigenvalue weighted by atomic mass is 10.1. The summed E-state index contributed by atoms with van der Waals surface area (Å²) in [5, 5.41) is 2.73. The fourth-order valence-electron chi connectivity index (χ4n) is 3.11. The molecule has 7 heteroatoms. The van der Waals surface area contributed by atoms with Gasteiger partial charge < -0.3 is 14.6 Å². The fraction of sp³-hybridized carbons (Fsp3) is 0.250. The maximum absolute atomic E-state index is 13.9. The first-order valence-corrected chi connectivity index (χ1v) is 10.1. The molecule has 0 bridgehead atoms. The molecule has 0 unspecified atom stereocenters. The maximum atomic E-state index is 13.9. The predicted molar refractivity (Wildman–Crippen MR) is 113 cm³/mol. The molecule has 0 radical (unpaired) electrons. The van der Waals surface area contributed by atoms with E-state index in [1.165, 1.54) is 23.1 Å². The largest absolute Gasteiger partial charge is 0.461 e. The molecule has 31 heavy (non-hydrogen) atoms. The molecule has 0 aliphatic rings. The van der Waals surface area contributed by atoms with Crippen molar-refractivity contribution in [1.82, 2.24) is 10.2 Å². The molecule has 3 aromatic rings. The molecular formula is C24H24F2N2O3. The first-order valence-electron chi connectivity index (χ1n) is 10.1. The van der Waals surface area contributed by atoms with Gasteiger partial charge in [0.25, 0.3) is 0 Å². The minimum atomic E-state index is -0.372. The first-order chi connectivity index (χ1) is 15.0. The number of benzene rings is 2. The summed E-state index contributed by atoms with van der Waals surface area (Å²) in [6, 6.07) is 15.6. The van der Waals surface area contributed by atoms with Gasteiger partial charge in [-0.1, -0.05) is 24.3 Å². The lowest BCUT2D eigenvalue weighted by Crippen LogP contribution is -2.40. The number of rotatable bonds is 9. The van der Waals surface area contributed by atoms with Crippen LogP contribution in [0.1, 0.15) is 24.7 Å². The highest BCUT2D eigenvalue weighted by atomic mass is 19.1. The Morgan fingerprint density at radius 3 is 2.45 bits per heavy atom. The molecule has 1 N–H and O–H groups in total. The second kappa shape index (κ2) is 10.5. The molecule has 0 atom stereocenters. The Kier molecular flexibility index (Phi) is 7.54. The summed E-state index contributed by atoms with van der Waals surface area (Å²) in [4.78, 5) is 26.2. The Morgan fingerprint density at radius 1 is 1.00 bits per heavy atom. The Morgan fingerprint density at radius 2 is 1.74 bits per heavy atom. The van der Waals surface area contributed by atoms with E-state index in [4.69, 9.17) is 4.42 Å². The summed E-state index contributed by atoms with van der Waals surface area (Å²) >= 11 is 0. The van der Waals surface area contributed by atoms with Crippen LogP contribution in [0.25, 0.3) is 11.3 Å². The van der Waals surface area contributed by atoms with Crippen molar-refractivity contribution in [2.45, 2.75) is 26.3 Å². The molecule has 2 amide bonds. The third-order valence-electron chi connectivity index (χ3n) is 4.86. The van der Waals surface area contributed by atoms with Crippen molar-refractivity contribution in [3.8, 4) is 11.3 Å². The van der Waals surface area contributed by atoms with E-state index in [1.54, 1.807) is 49.4 Å². The van der Waals surface area contributed by atoms with Crippen LogP contribution in [0.3, 0.4) is 0 Å². The van der Waals surface area contributed by atoms with Gasteiger partial charge in [-0.3, -0.25) is 9.59 Å². The van der Waals surface area contributed by atoms with Crippen LogP contribution >= 0.6 is 0 Å². The summed E-state index contributed by atoms with van der Waals surface area (Å²) in [7, 11) is 0. The van der Waals surface area contributed by atoms with Crippen molar-refractivity contribution >= 4 is 11.8 Å². The quantitative estimate of drug-likeness (QED) is 0.554. The molecular weight excluding hydrogens is 402 g/mol. The highest BCUT2D eigenvalue weighted by Crippen LogP contribution is 2.25. The smallest absolute Gasteiger partial charge is 0.239 e. The number of carbonyl (C=O) groups is 2. The zero-order valence-corrected chi connectivity index (χ0v) is 17.2. The van der Waals surface area contributed by atoms with Crippen LogP contribution < -0.4 is 5.32 Å². The van der Waals surface area contributed by atoms with Gasteiger partial charge in [0.05, 0.1) is 12.1 Å². The van der Waals surface area contributed by atoms with Gasteiger partial charge in [0.1, 0.15) is 23.2 Å². The second-order valence-corrected chi connectivity index (χ2v) is 7.06. The van der Waals surface area contributed by atoms with Crippen LogP contribution in [0.15, 0.2) is 65.1 Å². The van der Waals surface area contributed by atoms with Gasteiger partial charge >= 0.3 is 0 Å². The Balaban J connectivity index is 1.49. The van der Waals surface area contributed by atoms with Crippen LogP contribution in [0, 0.1) is 11.6 Å². The van der Waals surface area contributed by atoms with Crippen LogP contribution in [-0.2, 0) is 22.6 Å². The number of nitrogens with zero attached hydrogens (tertiary/aromatic N) is 1. The molecule has 1 aromatic heterocycles. The molecule has 162 valence electrons. The van der Waals surface area contributed by atoms with Gasteiger partial charge in [0, 0.05) is 25.9 Å². The highest BCUT2D eigenvalue weighted by Gasteiger charge is 2.17. The molecule has 5 nitrogen and oxygen atoms in total. The first kappa shape index (κ1) is 22.2. The standard InChI is InChI=1S/C24H24F2N2O3/c1-2-28(16-23(29)27-15-17-7-9-18(25)10-8-17)24(30)14-12-19-11-13-22(31-19)20-5-3-4-6-21(20)26/h3-11,13H,2,12,14-16H2,1H3,(H,27,29). The Bertz CT molecular complexity index is 1030. The number of hydrogen-bond acceptors (Lipinski definition) is 3. The zero-order valence-electron chi connectivity index (χ0n) is 17.2. The summed E-state index contributed by atoms with van der Waals surface area (Å²) in [5.74, 6) is -0.196. The minimum Gasteiger partial charge on any atom is -0.461 e. The Hall–Kier alpha value is -3.48. The maximum Gasteiger partial charge on any atom is 0.239 e. The summed E-state index contributed by atoms with van der Waals surface area (Å²) in [6.45, 7) is 2.39. The minimum absolute atomic E-state index is 0.0604. The van der Waals surface area contributed by atoms with Crippen LogP contribution in [-0.4, -0.2) is 29.8 Å².